The Morgan fingerprint density at radius 1 is 1.04 bits per heavy atom. The summed E-state index contributed by atoms with van der Waals surface area (Å²) in [6, 6.07) is 12.5. The number of nitrogens with one attached hydrogen (secondary N) is 1. The van der Waals surface area contributed by atoms with Gasteiger partial charge in [-0.25, -0.2) is 0 Å². The Morgan fingerprint density at radius 3 is 2.26 bits per heavy atom. The van der Waals surface area contributed by atoms with Gasteiger partial charge in [-0.1, -0.05) is 36.3 Å². The van der Waals surface area contributed by atoms with E-state index in [9.17, 15) is 20.2 Å². The van der Waals surface area contributed by atoms with E-state index in [1.54, 1.807) is 0 Å². The van der Waals surface area contributed by atoms with Gasteiger partial charge >= 0.3 is 5.69 Å². The van der Waals surface area contributed by atoms with E-state index in [0.717, 1.165) is 11.6 Å². The van der Waals surface area contributed by atoms with Crippen molar-refractivity contribution in [1.29, 1.82) is 0 Å². The number of hydrogen-bond acceptors (Lipinski definition) is 6. The lowest BCUT2D eigenvalue weighted by molar-refractivity contribution is -0.393. The zero-order valence-electron chi connectivity index (χ0n) is 15.1. The number of non-ortho nitro benzene ring substituents is 1. The fraction of sp³-hybridized carbons (Fsp3) is 0.211. The monoisotopic (exact) mass is 366 g/mol. The molecule has 27 heavy (non-hydrogen) atoms. The minimum atomic E-state index is -0.701. The molecule has 2 rings (SSSR count). The van der Waals surface area contributed by atoms with Crippen LogP contribution in [0.3, 0.4) is 0 Å². The number of rotatable bonds is 5. The molecule has 0 amide bonds. The molecule has 0 aliphatic rings. The molecule has 0 atom stereocenters. The SMILES string of the molecule is CC(C)(C)C#C/C(=N\Nc1ccc([N+](=O)[O-])cc1[N+](=O)[O-])c1ccccc1. The van der Waals surface area contributed by atoms with Crippen molar-refractivity contribution in [3.05, 3.63) is 74.3 Å². The summed E-state index contributed by atoms with van der Waals surface area (Å²) in [6.07, 6.45) is 0. The third kappa shape index (κ3) is 5.64. The highest BCUT2D eigenvalue weighted by Gasteiger charge is 2.19. The van der Waals surface area contributed by atoms with Crippen LogP contribution in [-0.4, -0.2) is 15.6 Å². The molecule has 0 radical (unpaired) electrons. The number of nitro benzene ring substituents is 2. The lowest BCUT2D eigenvalue weighted by atomic mass is 9.97. The van der Waals surface area contributed by atoms with Crippen LogP contribution in [-0.2, 0) is 0 Å². The molecular weight excluding hydrogens is 348 g/mol. The zero-order valence-corrected chi connectivity index (χ0v) is 15.1. The largest absolute Gasteiger partial charge is 0.301 e. The van der Waals surface area contributed by atoms with Crippen molar-refractivity contribution in [2.45, 2.75) is 20.8 Å². The van der Waals surface area contributed by atoms with E-state index in [2.05, 4.69) is 22.4 Å². The molecule has 0 saturated carbocycles. The Balaban J connectivity index is 2.45. The molecule has 0 unspecified atom stereocenters. The second-order valence-electron chi connectivity index (χ2n) is 6.65. The van der Waals surface area contributed by atoms with Crippen LogP contribution in [0.4, 0.5) is 17.1 Å². The number of hydrazone groups is 1. The summed E-state index contributed by atoms with van der Waals surface area (Å²) in [4.78, 5) is 20.7. The van der Waals surface area contributed by atoms with Crippen LogP contribution in [0, 0.1) is 37.5 Å². The molecule has 1 N–H and O–H groups in total. The van der Waals surface area contributed by atoms with Gasteiger partial charge in [0.1, 0.15) is 11.4 Å². The van der Waals surface area contributed by atoms with Gasteiger partial charge in [-0.2, -0.15) is 5.10 Å². The van der Waals surface area contributed by atoms with E-state index >= 15 is 0 Å². The van der Waals surface area contributed by atoms with Crippen molar-refractivity contribution in [1.82, 2.24) is 0 Å². The smallest absolute Gasteiger partial charge is 0.270 e. The van der Waals surface area contributed by atoms with Gasteiger partial charge in [0.2, 0.25) is 0 Å². The predicted octanol–water partition coefficient (Wildman–Crippen LogP) is 4.37. The lowest BCUT2D eigenvalue weighted by Crippen LogP contribution is -2.06. The number of nitrogens with zero attached hydrogens (tertiary/aromatic N) is 3. The maximum atomic E-state index is 11.2. The van der Waals surface area contributed by atoms with Crippen molar-refractivity contribution in [3.63, 3.8) is 0 Å². The van der Waals surface area contributed by atoms with Crippen LogP contribution in [0.2, 0.25) is 0 Å². The standard InChI is InChI=1S/C19H18N4O4/c1-19(2,3)12-11-16(14-7-5-4-6-8-14)20-21-17-10-9-15(22(24)25)13-18(17)23(26)27/h4-10,13,21H,1-3H3/b20-16+. The van der Waals surface area contributed by atoms with E-state index in [-0.39, 0.29) is 16.8 Å². The highest BCUT2D eigenvalue weighted by atomic mass is 16.6. The molecule has 0 bridgehead atoms. The van der Waals surface area contributed by atoms with Crippen LogP contribution in [0.1, 0.15) is 26.3 Å². The van der Waals surface area contributed by atoms with Gasteiger partial charge in [-0.05, 0) is 32.8 Å². The summed E-state index contributed by atoms with van der Waals surface area (Å²) in [6.45, 7) is 5.87. The minimum absolute atomic E-state index is 0.0385. The van der Waals surface area contributed by atoms with E-state index < -0.39 is 15.5 Å². The zero-order chi connectivity index (χ0) is 20.0. The lowest BCUT2D eigenvalue weighted by Gasteiger charge is -2.08. The molecule has 2 aromatic carbocycles. The van der Waals surface area contributed by atoms with Gasteiger partial charge in [-0.15, -0.1) is 0 Å². The third-order valence-electron chi connectivity index (χ3n) is 3.28. The first kappa shape index (κ1) is 19.6. The highest BCUT2D eigenvalue weighted by molar-refractivity contribution is 6.13. The summed E-state index contributed by atoms with van der Waals surface area (Å²) in [5, 5.41) is 26.3. The first-order valence-corrected chi connectivity index (χ1v) is 8.02. The Morgan fingerprint density at radius 2 is 1.70 bits per heavy atom. The summed E-state index contributed by atoms with van der Waals surface area (Å²) in [5.74, 6) is 6.06. The topological polar surface area (TPSA) is 111 Å². The van der Waals surface area contributed by atoms with E-state index in [1.807, 2.05) is 51.1 Å². The van der Waals surface area contributed by atoms with Gasteiger partial charge in [0.15, 0.2) is 0 Å². The van der Waals surface area contributed by atoms with Crippen LogP contribution >= 0.6 is 0 Å². The van der Waals surface area contributed by atoms with Gasteiger partial charge in [0.05, 0.1) is 15.9 Å². The third-order valence-corrected chi connectivity index (χ3v) is 3.28. The molecule has 0 aliphatic carbocycles. The maximum Gasteiger partial charge on any atom is 0.301 e. The summed E-state index contributed by atoms with van der Waals surface area (Å²) in [5.41, 5.74) is 2.73. The second kappa shape index (κ2) is 8.10. The summed E-state index contributed by atoms with van der Waals surface area (Å²) < 4.78 is 0. The molecule has 138 valence electrons. The fourth-order valence-corrected chi connectivity index (χ4v) is 2.00. The minimum Gasteiger partial charge on any atom is -0.270 e. The normalized spacial score (nSPS) is 11.3. The number of nitro groups is 2. The number of hydrogen-bond donors (Lipinski definition) is 1. The molecule has 0 aliphatic heterocycles. The van der Waals surface area contributed by atoms with Gasteiger partial charge in [0.25, 0.3) is 5.69 Å². The molecule has 0 spiro atoms. The molecule has 8 nitrogen and oxygen atoms in total. The quantitative estimate of drug-likeness (QED) is 0.365. The Labute approximate surface area is 156 Å². The molecule has 8 heteroatoms. The van der Waals surface area contributed by atoms with Crippen molar-refractivity contribution in [3.8, 4) is 11.8 Å². The Kier molecular flexibility index (Phi) is 5.88. The molecule has 2 aromatic rings. The number of anilines is 1. The summed E-state index contributed by atoms with van der Waals surface area (Å²) in [7, 11) is 0. The van der Waals surface area contributed by atoms with E-state index in [1.165, 1.54) is 12.1 Å². The van der Waals surface area contributed by atoms with E-state index in [0.29, 0.717) is 5.71 Å². The van der Waals surface area contributed by atoms with Crippen molar-refractivity contribution in [2.75, 3.05) is 5.43 Å². The van der Waals surface area contributed by atoms with Crippen LogP contribution < -0.4 is 5.43 Å². The van der Waals surface area contributed by atoms with Crippen molar-refractivity contribution >= 4 is 22.8 Å². The average Bonchev–Trinajstić information content (AvgIpc) is 2.61. The van der Waals surface area contributed by atoms with Gasteiger partial charge in [-0.3, -0.25) is 25.7 Å². The molecule has 0 heterocycles. The van der Waals surface area contributed by atoms with Crippen molar-refractivity contribution in [2.24, 2.45) is 10.5 Å². The second-order valence-corrected chi connectivity index (χ2v) is 6.65. The summed E-state index contributed by atoms with van der Waals surface area (Å²) >= 11 is 0. The molecule has 0 saturated heterocycles. The van der Waals surface area contributed by atoms with Gasteiger partial charge in [0, 0.05) is 17.0 Å². The van der Waals surface area contributed by atoms with Crippen LogP contribution in [0.15, 0.2) is 53.6 Å². The fourth-order valence-electron chi connectivity index (χ4n) is 2.00. The van der Waals surface area contributed by atoms with Crippen LogP contribution in [0.25, 0.3) is 0 Å². The highest BCUT2D eigenvalue weighted by Crippen LogP contribution is 2.29. The van der Waals surface area contributed by atoms with Gasteiger partial charge < -0.3 is 0 Å². The van der Waals surface area contributed by atoms with E-state index in [4.69, 9.17) is 0 Å². The number of benzene rings is 2. The van der Waals surface area contributed by atoms with Crippen molar-refractivity contribution < 1.29 is 9.85 Å². The maximum absolute atomic E-state index is 11.2. The average molecular weight is 366 g/mol. The molecule has 0 fully saturated rings. The Bertz CT molecular complexity index is 951. The molecule has 0 aromatic heterocycles. The predicted molar refractivity (Wildman–Crippen MR) is 104 cm³/mol. The Hall–Kier alpha value is -3.73. The first-order valence-electron chi connectivity index (χ1n) is 8.02. The first-order chi connectivity index (χ1) is 12.7. The van der Waals surface area contributed by atoms with Crippen LogP contribution in [0.5, 0.6) is 0 Å². The molecular formula is C19H18N4O4.